The van der Waals surface area contributed by atoms with Gasteiger partial charge in [-0.15, -0.1) is 0 Å². The Kier molecular flexibility index (Phi) is 9.24. The van der Waals surface area contributed by atoms with Crippen LogP contribution in [0.1, 0.15) is 79.6 Å². The molecule has 0 aliphatic carbocycles. The maximum absolute atomic E-state index is 2.44. The average Bonchev–Trinajstić information content (AvgIpc) is 2.18. The van der Waals surface area contributed by atoms with Crippen molar-refractivity contribution in [3.63, 3.8) is 0 Å². The Hall–Kier alpha value is 0. The molecule has 0 heteroatoms. The molecule has 0 N–H and O–H groups in total. The molecule has 3 unspecified atom stereocenters. The van der Waals surface area contributed by atoms with Gasteiger partial charge in [0, 0.05) is 0 Å². The van der Waals surface area contributed by atoms with E-state index in [9.17, 15) is 0 Å². The molecule has 0 aliphatic rings. The molecule has 0 amide bonds. The van der Waals surface area contributed by atoms with Crippen LogP contribution in [0.2, 0.25) is 0 Å². The van der Waals surface area contributed by atoms with Gasteiger partial charge in [0.15, 0.2) is 0 Å². The van der Waals surface area contributed by atoms with Crippen molar-refractivity contribution in [2.45, 2.75) is 79.6 Å². The third-order valence-corrected chi connectivity index (χ3v) is 3.85. The van der Waals surface area contributed by atoms with Crippen molar-refractivity contribution in [2.75, 3.05) is 0 Å². The molecular weight excluding hydrogens is 180 g/mol. The Balaban J connectivity index is 3.49. The molecule has 15 heavy (non-hydrogen) atoms. The zero-order valence-corrected chi connectivity index (χ0v) is 11.7. The fraction of sp³-hybridized carbons (Fsp3) is 1.00. The summed E-state index contributed by atoms with van der Waals surface area (Å²) in [6, 6.07) is 0. The van der Waals surface area contributed by atoms with Gasteiger partial charge in [-0.05, 0) is 17.8 Å². The van der Waals surface area contributed by atoms with E-state index >= 15 is 0 Å². The summed E-state index contributed by atoms with van der Waals surface area (Å²) in [4.78, 5) is 0. The summed E-state index contributed by atoms with van der Waals surface area (Å²) >= 11 is 0. The van der Waals surface area contributed by atoms with Crippen LogP contribution in [0.5, 0.6) is 0 Å². The first kappa shape index (κ1) is 15.0. The van der Waals surface area contributed by atoms with Crippen molar-refractivity contribution in [1.29, 1.82) is 0 Å². The second-order valence-electron chi connectivity index (χ2n) is 5.57. The summed E-state index contributed by atoms with van der Waals surface area (Å²) in [5, 5.41) is 0. The SMILES string of the molecule is CCCC(C)CCCC(C)C(C)CCC. The molecule has 0 aliphatic heterocycles. The molecule has 3 atom stereocenters. The molecule has 0 nitrogen and oxygen atoms in total. The molecular formula is C15H32. The highest BCUT2D eigenvalue weighted by Gasteiger charge is 2.11. The highest BCUT2D eigenvalue weighted by molar-refractivity contribution is 4.63. The van der Waals surface area contributed by atoms with Crippen molar-refractivity contribution >= 4 is 0 Å². The van der Waals surface area contributed by atoms with Gasteiger partial charge >= 0.3 is 0 Å². The monoisotopic (exact) mass is 212 g/mol. The predicted octanol–water partition coefficient (Wildman–Crippen LogP) is 5.67. The molecule has 0 fully saturated rings. The molecule has 0 saturated carbocycles. The van der Waals surface area contributed by atoms with Gasteiger partial charge in [0.05, 0.1) is 0 Å². The van der Waals surface area contributed by atoms with Crippen LogP contribution in [-0.4, -0.2) is 0 Å². The van der Waals surface area contributed by atoms with Crippen molar-refractivity contribution < 1.29 is 0 Å². The summed E-state index contributed by atoms with van der Waals surface area (Å²) in [6.07, 6.45) is 9.84. The van der Waals surface area contributed by atoms with Gasteiger partial charge in [0.2, 0.25) is 0 Å². The van der Waals surface area contributed by atoms with E-state index in [0.29, 0.717) is 0 Å². The van der Waals surface area contributed by atoms with E-state index in [1.54, 1.807) is 0 Å². The van der Waals surface area contributed by atoms with Gasteiger partial charge in [-0.3, -0.25) is 0 Å². The van der Waals surface area contributed by atoms with Gasteiger partial charge < -0.3 is 0 Å². The Morgan fingerprint density at radius 1 is 0.667 bits per heavy atom. The van der Waals surface area contributed by atoms with Gasteiger partial charge in [-0.25, -0.2) is 0 Å². The van der Waals surface area contributed by atoms with Crippen molar-refractivity contribution in [3.8, 4) is 0 Å². The summed E-state index contributed by atoms with van der Waals surface area (Å²) in [5.74, 6) is 2.80. The van der Waals surface area contributed by atoms with Gasteiger partial charge in [-0.1, -0.05) is 79.6 Å². The van der Waals surface area contributed by atoms with Crippen LogP contribution in [0.3, 0.4) is 0 Å². The van der Waals surface area contributed by atoms with Gasteiger partial charge in [-0.2, -0.15) is 0 Å². The van der Waals surface area contributed by atoms with E-state index in [4.69, 9.17) is 0 Å². The van der Waals surface area contributed by atoms with Crippen molar-refractivity contribution in [1.82, 2.24) is 0 Å². The molecule has 0 aromatic heterocycles. The van der Waals surface area contributed by atoms with Gasteiger partial charge in [0.1, 0.15) is 0 Å². The lowest BCUT2D eigenvalue weighted by atomic mass is 9.86. The molecule has 92 valence electrons. The fourth-order valence-corrected chi connectivity index (χ4v) is 2.45. The zero-order chi connectivity index (χ0) is 11.7. The standard InChI is InChI=1S/C15H32/c1-6-9-13(3)11-8-12-15(5)14(4)10-7-2/h13-15H,6-12H2,1-5H3. The topological polar surface area (TPSA) is 0 Å². The Morgan fingerprint density at radius 3 is 1.73 bits per heavy atom. The molecule has 0 saturated heterocycles. The van der Waals surface area contributed by atoms with E-state index in [-0.39, 0.29) is 0 Å². The van der Waals surface area contributed by atoms with Crippen LogP contribution in [0.25, 0.3) is 0 Å². The normalized spacial score (nSPS) is 17.4. The molecule has 0 aromatic carbocycles. The second kappa shape index (κ2) is 9.24. The Labute approximate surface area is 97.8 Å². The van der Waals surface area contributed by atoms with E-state index < -0.39 is 0 Å². The number of rotatable bonds is 9. The van der Waals surface area contributed by atoms with Gasteiger partial charge in [0.25, 0.3) is 0 Å². The second-order valence-corrected chi connectivity index (χ2v) is 5.57. The van der Waals surface area contributed by atoms with E-state index in [1.807, 2.05) is 0 Å². The number of hydrogen-bond acceptors (Lipinski definition) is 0. The lowest BCUT2D eigenvalue weighted by Crippen LogP contribution is -2.08. The maximum atomic E-state index is 2.44. The molecule has 0 bridgehead atoms. The lowest BCUT2D eigenvalue weighted by molar-refractivity contribution is 0.320. The van der Waals surface area contributed by atoms with E-state index in [0.717, 1.165) is 17.8 Å². The number of hydrogen-bond donors (Lipinski definition) is 0. The van der Waals surface area contributed by atoms with E-state index in [2.05, 4.69) is 34.6 Å². The third-order valence-electron chi connectivity index (χ3n) is 3.85. The van der Waals surface area contributed by atoms with Crippen LogP contribution in [0, 0.1) is 17.8 Å². The smallest absolute Gasteiger partial charge is 0.0417 e. The molecule has 0 rings (SSSR count). The molecule has 0 spiro atoms. The van der Waals surface area contributed by atoms with Crippen molar-refractivity contribution in [2.24, 2.45) is 17.8 Å². The minimum atomic E-state index is 0.927. The van der Waals surface area contributed by atoms with Crippen LogP contribution in [0.15, 0.2) is 0 Å². The van der Waals surface area contributed by atoms with Crippen LogP contribution in [0.4, 0.5) is 0 Å². The Morgan fingerprint density at radius 2 is 1.20 bits per heavy atom. The first-order valence-electron chi connectivity index (χ1n) is 7.11. The minimum Gasteiger partial charge on any atom is -0.0654 e. The average molecular weight is 212 g/mol. The fourth-order valence-electron chi connectivity index (χ4n) is 2.45. The summed E-state index contributed by atoms with van der Waals surface area (Å²) in [6.45, 7) is 11.9. The summed E-state index contributed by atoms with van der Waals surface area (Å²) in [7, 11) is 0. The molecule has 0 heterocycles. The van der Waals surface area contributed by atoms with Crippen LogP contribution in [-0.2, 0) is 0 Å². The summed E-state index contributed by atoms with van der Waals surface area (Å²) < 4.78 is 0. The quantitative estimate of drug-likeness (QED) is 0.462. The predicted molar refractivity (Wildman–Crippen MR) is 71.2 cm³/mol. The largest absolute Gasteiger partial charge is 0.0654 e. The van der Waals surface area contributed by atoms with Crippen molar-refractivity contribution in [3.05, 3.63) is 0 Å². The zero-order valence-electron chi connectivity index (χ0n) is 11.7. The minimum absolute atomic E-state index is 0.927. The van der Waals surface area contributed by atoms with E-state index in [1.165, 1.54) is 44.9 Å². The summed E-state index contributed by atoms with van der Waals surface area (Å²) in [5.41, 5.74) is 0. The lowest BCUT2D eigenvalue weighted by Gasteiger charge is -2.20. The van der Waals surface area contributed by atoms with Crippen LogP contribution < -0.4 is 0 Å². The Bertz CT molecular complexity index is 128. The maximum Gasteiger partial charge on any atom is -0.0417 e. The first-order chi connectivity index (χ1) is 7.11. The van der Waals surface area contributed by atoms with Crippen LogP contribution >= 0.6 is 0 Å². The highest BCUT2D eigenvalue weighted by atomic mass is 14.2. The first-order valence-corrected chi connectivity index (χ1v) is 7.11. The molecule has 0 radical (unpaired) electrons. The third kappa shape index (κ3) is 7.88. The highest BCUT2D eigenvalue weighted by Crippen LogP contribution is 2.23. The molecule has 0 aromatic rings.